The summed E-state index contributed by atoms with van der Waals surface area (Å²) in [4.78, 5) is 1.11. The zero-order valence-corrected chi connectivity index (χ0v) is 10.5. The molecule has 0 radical (unpaired) electrons. The molecule has 0 aliphatic rings. The van der Waals surface area contributed by atoms with E-state index < -0.39 is 0 Å². The van der Waals surface area contributed by atoms with Crippen molar-refractivity contribution in [1.82, 2.24) is 5.43 Å². The van der Waals surface area contributed by atoms with Crippen LogP contribution in [-0.4, -0.2) is 0 Å². The van der Waals surface area contributed by atoms with E-state index in [1.807, 2.05) is 13.0 Å². The normalized spacial score (nSPS) is 12.9. The fourth-order valence-electron chi connectivity index (χ4n) is 1.79. The molecule has 0 aliphatic carbocycles. The summed E-state index contributed by atoms with van der Waals surface area (Å²) in [6.07, 6.45) is 0.784. The molecule has 0 saturated heterocycles. The third-order valence-corrected chi connectivity index (χ3v) is 3.81. The second kappa shape index (κ2) is 4.96. The Morgan fingerprint density at radius 2 is 2.29 bits per heavy atom. The molecule has 1 heterocycles. The van der Waals surface area contributed by atoms with Crippen molar-refractivity contribution in [2.45, 2.75) is 19.4 Å². The van der Waals surface area contributed by atoms with Crippen molar-refractivity contribution in [3.8, 4) is 0 Å². The van der Waals surface area contributed by atoms with E-state index in [1.165, 1.54) is 6.07 Å². The summed E-state index contributed by atoms with van der Waals surface area (Å²) in [7, 11) is 0. The Balaban J connectivity index is 2.37. The van der Waals surface area contributed by atoms with E-state index in [1.54, 1.807) is 23.5 Å². The number of benzene rings is 1. The van der Waals surface area contributed by atoms with Crippen LogP contribution in [0.25, 0.3) is 10.1 Å². The van der Waals surface area contributed by atoms with Gasteiger partial charge in [-0.15, -0.1) is 17.9 Å². The summed E-state index contributed by atoms with van der Waals surface area (Å²) in [5.74, 6) is 5.34. The van der Waals surface area contributed by atoms with Gasteiger partial charge in [0, 0.05) is 9.58 Å². The number of nitrogens with one attached hydrogen (secondary N) is 1. The Hall–Kier alpha value is -1.23. The first-order valence-electron chi connectivity index (χ1n) is 5.39. The summed E-state index contributed by atoms with van der Waals surface area (Å²) in [5.41, 5.74) is 3.85. The largest absolute Gasteiger partial charge is 0.271 e. The Morgan fingerprint density at radius 3 is 2.94 bits per heavy atom. The quantitative estimate of drug-likeness (QED) is 0.495. The van der Waals surface area contributed by atoms with E-state index in [-0.39, 0.29) is 11.9 Å². The molecule has 0 saturated carbocycles. The molecule has 2 nitrogen and oxygen atoms in total. The fourth-order valence-corrected chi connectivity index (χ4v) is 2.94. The molecule has 90 valence electrons. The van der Waals surface area contributed by atoms with Gasteiger partial charge >= 0.3 is 0 Å². The van der Waals surface area contributed by atoms with Crippen LogP contribution in [0, 0.1) is 5.82 Å². The van der Waals surface area contributed by atoms with Crippen molar-refractivity contribution in [2.24, 2.45) is 5.84 Å². The maximum atomic E-state index is 13.1. The number of hydrogen-bond donors (Lipinski definition) is 2. The molecule has 0 fully saturated rings. The zero-order valence-electron chi connectivity index (χ0n) is 9.66. The van der Waals surface area contributed by atoms with E-state index >= 15 is 0 Å². The second-order valence-corrected chi connectivity index (χ2v) is 5.33. The summed E-state index contributed by atoms with van der Waals surface area (Å²) < 4.78 is 14.0. The first-order chi connectivity index (χ1) is 8.10. The Labute approximate surface area is 104 Å². The maximum absolute atomic E-state index is 13.1. The molecule has 0 amide bonds. The standard InChI is InChI=1S/C13H15FN2S/c1-8(2)5-11(16-15)13-6-9-3-4-10(14)7-12(9)17-13/h3-4,6-7,11,16H,1,5,15H2,2H3. The highest BCUT2D eigenvalue weighted by atomic mass is 32.1. The highest BCUT2D eigenvalue weighted by Crippen LogP contribution is 2.32. The van der Waals surface area contributed by atoms with E-state index in [2.05, 4.69) is 12.0 Å². The maximum Gasteiger partial charge on any atom is 0.124 e. The molecule has 3 N–H and O–H groups in total. The average Bonchev–Trinajstić information content (AvgIpc) is 2.68. The van der Waals surface area contributed by atoms with E-state index in [4.69, 9.17) is 5.84 Å². The van der Waals surface area contributed by atoms with Crippen molar-refractivity contribution < 1.29 is 4.39 Å². The molecular weight excluding hydrogens is 235 g/mol. The van der Waals surface area contributed by atoms with Gasteiger partial charge in [-0.25, -0.2) is 4.39 Å². The molecule has 4 heteroatoms. The first kappa shape index (κ1) is 12.2. The monoisotopic (exact) mass is 250 g/mol. The number of hydrazine groups is 1. The number of thiophene rings is 1. The lowest BCUT2D eigenvalue weighted by molar-refractivity contribution is 0.559. The molecule has 1 atom stereocenters. The predicted octanol–water partition coefficient (Wildman–Crippen LogP) is 3.51. The van der Waals surface area contributed by atoms with Gasteiger partial charge in [0.05, 0.1) is 6.04 Å². The van der Waals surface area contributed by atoms with Gasteiger partial charge in [0.1, 0.15) is 5.82 Å². The van der Waals surface area contributed by atoms with Gasteiger partial charge in [-0.05, 0) is 36.9 Å². The van der Waals surface area contributed by atoms with Gasteiger partial charge < -0.3 is 0 Å². The van der Waals surface area contributed by atoms with Crippen LogP contribution < -0.4 is 11.3 Å². The Kier molecular flexibility index (Phi) is 3.57. The molecule has 1 aromatic heterocycles. The SMILES string of the molecule is C=C(C)CC(NN)c1cc2ccc(F)cc2s1. The third kappa shape index (κ3) is 2.72. The van der Waals surface area contributed by atoms with E-state index in [0.717, 1.165) is 27.0 Å². The third-order valence-electron chi connectivity index (χ3n) is 2.60. The van der Waals surface area contributed by atoms with Crippen molar-refractivity contribution in [1.29, 1.82) is 0 Å². The lowest BCUT2D eigenvalue weighted by Crippen LogP contribution is -2.27. The Bertz CT molecular complexity index is 547. The molecule has 0 bridgehead atoms. The average molecular weight is 250 g/mol. The second-order valence-electron chi connectivity index (χ2n) is 4.21. The number of rotatable bonds is 4. The summed E-state index contributed by atoms with van der Waals surface area (Å²) >= 11 is 1.56. The minimum absolute atomic E-state index is 0.0490. The van der Waals surface area contributed by atoms with Crippen LogP contribution in [0.4, 0.5) is 4.39 Å². The lowest BCUT2D eigenvalue weighted by Gasteiger charge is -2.13. The molecular formula is C13H15FN2S. The van der Waals surface area contributed by atoms with Crippen LogP contribution in [0.15, 0.2) is 36.4 Å². The van der Waals surface area contributed by atoms with Crippen LogP contribution in [-0.2, 0) is 0 Å². The number of halogens is 1. The first-order valence-corrected chi connectivity index (χ1v) is 6.21. The molecule has 2 rings (SSSR count). The van der Waals surface area contributed by atoms with E-state index in [0.29, 0.717) is 0 Å². The fraction of sp³-hybridized carbons (Fsp3) is 0.231. The van der Waals surface area contributed by atoms with Crippen molar-refractivity contribution in [3.63, 3.8) is 0 Å². The van der Waals surface area contributed by atoms with Gasteiger partial charge in [-0.2, -0.15) is 0 Å². The molecule has 1 aromatic carbocycles. The summed E-state index contributed by atoms with van der Waals surface area (Å²) in [6.45, 7) is 5.86. The van der Waals surface area contributed by atoms with Crippen molar-refractivity contribution in [2.75, 3.05) is 0 Å². The minimum Gasteiger partial charge on any atom is -0.271 e. The summed E-state index contributed by atoms with van der Waals surface area (Å²) in [5, 5.41) is 1.05. The van der Waals surface area contributed by atoms with Crippen LogP contribution in [0.5, 0.6) is 0 Å². The lowest BCUT2D eigenvalue weighted by atomic mass is 10.1. The van der Waals surface area contributed by atoms with E-state index in [9.17, 15) is 4.39 Å². The molecule has 1 unspecified atom stereocenters. The Morgan fingerprint density at radius 1 is 1.53 bits per heavy atom. The zero-order chi connectivity index (χ0) is 12.4. The van der Waals surface area contributed by atoms with Gasteiger partial charge in [0.25, 0.3) is 0 Å². The van der Waals surface area contributed by atoms with Gasteiger partial charge in [0.2, 0.25) is 0 Å². The van der Waals surface area contributed by atoms with Crippen LogP contribution >= 0.6 is 11.3 Å². The predicted molar refractivity (Wildman–Crippen MR) is 71.3 cm³/mol. The number of nitrogens with two attached hydrogens (primary N) is 1. The molecule has 0 aliphatic heterocycles. The highest BCUT2D eigenvalue weighted by molar-refractivity contribution is 7.19. The van der Waals surface area contributed by atoms with Crippen LogP contribution in [0.1, 0.15) is 24.3 Å². The van der Waals surface area contributed by atoms with Gasteiger partial charge in [0.15, 0.2) is 0 Å². The van der Waals surface area contributed by atoms with Crippen LogP contribution in [0.3, 0.4) is 0 Å². The summed E-state index contributed by atoms with van der Waals surface area (Å²) in [6, 6.07) is 6.92. The molecule has 2 aromatic rings. The molecule has 0 spiro atoms. The van der Waals surface area contributed by atoms with Crippen molar-refractivity contribution >= 4 is 21.4 Å². The molecule has 17 heavy (non-hydrogen) atoms. The highest BCUT2D eigenvalue weighted by Gasteiger charge is 2.13. The van der Waals surface area contributed by atoms with Gasteiger partial charge in [-0.1, -0.05) is 11.6 Å². The minimum atomic E-state index is -0.206. The van der Waals surface area contributed by atoms with Crippen molar-refractivity contribution in [3.05, 3.63) is 47.1 Å². The number of hydrogen-bond acceptors (Lipinski definition) is 3. The smallest absolute Gasteiger partial charge is 0.124 e. The van der Waals surface area contributed by atoms with Gasteiger partial charge in [-0.3, -0.25) is 11.3 Å². The van der Waals surface area contributed by atoms with Crippen LogP contribution in [0.2, 0.25) is 0 Å². The topological polar surface area (TPSA) is 38.0 Å². The number of fused-ring (bicyclic) bond motifs is 1.